The molecule has 0 spiro atoms. The molecule has 1 N–H and O–H groups in total. The fourth-order valence-corrected chi connectivity index (χ4v) is 2.75. The van der Waals surface area contributed by atoms with Gasteiger partial charge in [-0.15, -0.1) is 6.58 Å². The largest absolute Gasteiger partial charge is 0.478 e. The molecule has 0 aromatic heterocycles. The first-order valence-electron chi connectivity index (χ1n) is 6.77. The van der Waals surface area contributed by atoms with Gasteiger partial charge in [-0.2, -0.15) is 5.26 Å². The number of nitriles is 1. The second-order valence-corrected chi connectivity index (χ2v) is 5.90. The molecule has 1 aromatic rings. The van der Waals surface area contributed by atoms with Gasteiger partial charge in [0.2, 0.25) is 0 Å². The minimum Gasteiger partial charge on any atom is -0.478 e. The highest BCUT2D eigenvalue weighted by Gasteiger charge is 2.32. The minimum absolute atomic E-state index is 0.0250. The summed E-state index contributed by atoms with van der Waals surface area (Å²) < 4.78 is 5.83. The Morgan fingerprint density at radius 3 is 2.83 bits per heavy atom. The Kier molecular flexibility index (Phi) is 5.84. The van der Waals surface area contributed by atoms with E-state index in [4.69, 9.17) is 22.2 Å². The summed E-state index contributed by atoms with van der Waals surface area (Å²) in [6, 6.07) is 6.88. The average molecular weight is 406 g/mol. The lowest BCUT2D eigenvalue weighted by molar-refractivity contribution is -0.128. The van der Waals surface area contributed by atoms with Crippen LogP contribution in [-0.2, 0) is 9.59 Å². The lowest BCUT2D eigenvalue weighted by Gasteiger charge is -2.27. The number of nitrogens with one attached hydrogen (secondary N) is 1. The van der Waals surface area contributed by atoms with Gasteiger partial charge in [-0.1, -0.05) is 12.1 Å². The topological polar surface area (TPSA) is 82.4 Å². The van der Waals surface area contributed by atoms with Crippen LogP contribution in [0.25, 0.3) is 6.08 Å². The van der Waals surface area contributed by atoms with E-state index in [1.54, 1.807) is 18.2 Å². The van der Waals surface area contributed by atoms with Gasteiger partial charge < -0.3 is 4.74 Å². The number of carbonyl (C=O) groups excluding carboxylic acids is 2. The van der Waals surface area contributed by atoms with Crippen molar-refractivity contribution < 1.29 is 14.3 Å². The maximum atomic E-state index is 12.4. The van der Waals surface area contributed by atoms with E-state index in [0.29, 0.717) is 15.8 Å². The lowest BCUT2D eigenvalue weighted by atomic mass is 10.1. The zero-order valence-corrected chi connectivity index (χ0v) is 14.8. The van der Waals surface area contributed by atoms with Crippen LogP contribution in [0.15, 0.2) is 40.9 Å². The third-order valence-corrected chi connectivity index (χ3v) is 4.00. The molecule has 0 radical (unpaired) electrons. The summed E-state index contributed by atoms with van der Waals surface area (Å²) in [7, 11) is 0. The molecule has 2 rings (SSSR count). The maximum Gasteiger partial charge on any atom is 0.265 e. The summed E-state index contributed by atoms with van der Waals surface area (Å²) in [6.45, 7) is 3.70. The van der Waals surface area contributed by atoms with Crippen molar-refractivity contribution in [2.75, 3.05) is 13.2 Å². The van der Waals surface area contributed by atoms with Gasteiger partial charge >= 0.3 is 0 Å². The second kappa shape index (κ2) is 7.86. The standard InChI is InChI=1S/C16H12BrN3O3S/c1-2-6-20-15(22)11(14(21)19-16(20)24)8-10-3-4-13(12(17)9-10)23-7-5-18/h2-4,8-9H,1,6-7H2,(H,19,21,24)/b11-8+. The van der Waals surface area contributed by atoms with Gasteiger partial charge in [-0.3, -0.25) is 19.8 Å². The van der Waals surface area contributed by atoms with Gasteiger partial charge in [0.15, 0.2) is 11.7 Å². The van der Waals surface area contributed by atoms with Gasteiger partial charge in [-0.05, 0) is 51.9 Å². The molecule has 1 fully saturated rings. The SMILES string of the molecule is C=CCN1C(=O)/C(=C/c2ccc(OCC#N)c(Br)c2)C(=O)NC1=S. The quantitative estimate of drug-likeness (QED) is 0.351. The van der Waals surface area contributed by atoms with Gasteiger partial charge in [0.25, 0.3) is 11.8 Å². The number of thiocarbonyl (C=S) groups is 1. The summed E-state index contributed by atoms with van der Waals surface area (Å²) in [4.78, 5) is 25.7. The van der Waals surface area contributed by atoms with Crippen molar-refractivity contribution in [2.24, 2.45) is 0 Å². The van der Waals surface area contributed by atoms with E-state index in [0.717, 1.165) is 0 Å². The Balaban J connectivity index is 2.32. The van der Waals surface area contributed by atoms with Crippen LogP contribution in [-0.4, -0.2) is 35.0 Å². The molecule has 1 saturated heterocycles. The van der Waals surface area contributed by atoms with Crippen LogP contribution in [0, 0.1) is 11.3 Å². The van der Waals surface area contributed by atoms with E-state index in [-0.39, 0.29) is 23.8 Å². The first kappa shape index (κ1) is 17.8. The lowest BCUT2D eigenvalue weighted by Crippen LogP contribution is -2.53. The molecule has 0 atom stereocenters. The monoisotopic (exact) mass is 405 g/mol. The van der Waals surface area contributed by atoms with E-state index in [1.807, 2.05) is 6.07 Å². The van der Waals surface area contributed by atoms with Crippen LogP contribution in [0.1, 0.15) is 5.56 Å². The first-order valence-corrected chi connectivity index (χ1v) is 7.97. The molecule has 1 aliphatic rings. The van der Waals surface area contributed by atoms with Crippen molar-refractivity contribution in [3.8, 4) is 11.8 Å². The molecule has 0 saturated carbocycles. The zero-order valence-electron chi connectivity index (χ0n) is 12.4. The molecule has 0 aliphatic carbocycles. The highest BCUT2D eigenvalue weighted by atomic mass is 79.9. The number of amides is 2. The van der Waals surface area contributed by atoms with Crippen LogP contribution < -0.4 is 10.1 Å². The van der Waals surface area contributed by atoms with E-state index < -0.39 is 11.8 Å². The van der Waals surface area contributed by atoms with E-state index in [2.05, 4.69) is 27.8 Å². The van der Waals surface area contributed by atoms with E-state index in [9.17, 15) is 9.59 Å². The predicted octanol–water partition coefficient (Wildman–Crippen LogP) is 2.16. The Bertz CT molecular complexity index is 798. The molecule has 122 valence electrons. The number of nitrogens with zero attached hydrogens (tertiary/aromatic N) is 2. The molecule has 1 aromatic carbocycles. The van der Waals surface area contributed by atoms with E-state index in [1.165, 1.54) is 17.1 Å². The number of benzene rings is 1. The molecule has 0 unspecified atom stereocenters. The number of halogens is 1. The van der Waals surface area contributed by atoms with Crippen molar-refractivity contribution in [1.29, 1.82) is 5.26 Å². The predicted molar refractivity (Wildman–Crippen MR) is 95.9 cm³/mol. The third kappa shape index (κ3) is 3.88. The summed E-state index contributed by atoms with van der Waals surface area (Å²) in [6.07, 6.45) is 2.99. The Hall–Kier alpha value is -2.50. The van der Waals surface area contributed by atoms with Crippen molar-refractivity contribution in [2.45, 2.75) is 0 Å². The van der Waals surface area contributed by atoms with Crippen LogP contribution in [0.5, 0.6) is 5.75 Å². The van der Waals surface area contributed by atoms with Crippen molar-refractivity contribution >= 4 is 51.2 Å². The summed E-state index contributed by atoms with van der Waals surface area (Å²) >= 11 is 8.32. The molecule has 0 bridgehead atoms. The van der Waals surface area contributed by atoms with Crippen LogP contribution in [0.3, 0.4) is 0 Å². The molecular weight excluding hydrogens is 394 g/mol. The van der Waals surface area contributed by atoms with Crippen molar-refractivity contribution in [1.82, 2.24) is 10.2 Å². The number of ether oxygens (including phenoxy) is 1. The van der Waals surface area contributed by atoms with E-state index >= 15 is 0 Å². The van der Waals surface area contributed by atoms with Gasteiger partial charge in [-0.25, -0.2) is 0 Å². The number of hydrogen-bond donors (Lipinski definition) is 1. The van der Waals surface area contributed by atoms with Crippen LogP contribution in [0.4, 0.5) is 0 Å². The minimum atomic E-state index is -0.550. The highest BCUT2D eigenvalue weighted by Crippen LogP contribution is 2.27. The Morgan fingerprint density at radius 2 is 2.21 bits per heavy atom. The van der Waals surface area contributed by atoms with Crippen LogP contribution >= 0.6 is 28.1 Å². The number of rotatable bonds is 5. The van der Waals surface area contributed by atoms with Gasteiger partial charge in [0.05, 0.1) is 4.47 Å². The first-order chi connectivity index (χ1) is 11.5. The molecule has 8 heteroatoms. The normalized spacial score (nSPS) is 15.9. The van der Waals surface area contributed by atoms with Crippen molar-refractivity contribution in [3.05, 3.63) is 46.5 Å². The highest BCUT2D eigenvalue weighted by molar-refractivity contribution is 9.10. The summed E-state index contributed by atoms with van der Waals surface area (Å²) in [5, 5.41) is 11.1. The fourth-order valence-electron chi connectivity index (χ4n) is 1.99. The maximum absolute atomic E-state index is 12.4. The molecular formula is C16H12BrN3O3S. The molecule has 1 aliphatic heterocycles. The number of carbonyl (C=O) groups is 2. The smallest absolute Gasteiger partial charge is 0.265 e. The zero-order chi connectivity index (χ0) is 17.7. The molecule has 6 nitrogen and oxygen atoms in total. The molecule has 1 heterocycles. The number of hydrogen-bond acceptors (Lipinski definition) is 5. The Labute approximate surface area is 152 Å². The average Bonchev–Trinajstić information content (AvgIpc) is 2.54. The third-order valence-electron chi connectivity index (χ3n) is 3.06. The van der Waals surface area contributed by atoms with Gasteiger partial charge in [0, 0.05) is 6.54 Å². The Morgan fingerprint density at radius 1 is 1.46 bits per heavy atom. The summed E-state index contributed by atoms with van der Waals surface area (Å²) in [5.74, 6) is -0.539. The van der Waals surface area contributed by atoms with Crippen molar-refractivity contribution in [3.63, 3.8) is 0 Å². The second-order valence-electron chi connectivity index (χ2n) is 4.66. The molecule has 2 amide bonds. The molecule has 24 heavy (non-hydrogen) atoms. The summed E-state index contributed by atoms with van der Waals surface area (Å²) in [5.41, 5.74) is 0.596. The van der Waals surface area contributed by atoms with Gasteiger partial charge in [0.1, 0.15) is 17.4 Å². The fraction of sp³-hybridized carbons (Fsp3) is 0.125. The van der Waals surface area contributed by atoms with Crippen LogP contribution in [0.2, 0.25) is 0 Å².